The SMILES string of the molecule is COc1cc(NC2CCN(Cc3cc(C)[nH]n3)CC2)ncn1. The van der Waals surface area contributed by atoms with Crippen molar-refractivity contribution in [2.24, 2.45) is 0 Å². The molecule has 0 saturated carbocycles. The quantitative estimate of drug-likeness (QED) is 0.873. The van der Waals surface area contributed by atoms with Crippen LogP contribution in [-0.4, -0.2) is 51.3 Å². The van der Waals surface area contributed by atoms with E-state index in [2.05, 4.69) is 36.4 Å². The number of nitrogens with one attached hydrogen (secondary N) is 2. The number of piperidine rings is 1. The highest BCUT2D eigenvalue weighted by molar-refractivity contribution is 5.38. The number of rotatable bonds is 5. The van der Waals surface area contributed by atoms with Crippen molar-refractivity contribution >= 4 is 5.82 Å². The van der Waals surface area contributed by atoms with Gasteiger partial charge in [0.2, 0.25) is 5.88 Å². The third-order valence-corrected chi connectivity index (χ3v) is 3.94. The highest BCUT2D eigenvalue weighted by Crippen LogP contribution is 2.18. The summed E-state index contributed by atoms with van der Waals surface area (Å²) in [7, 11) is 1.61. The van der Waals surface area contributed by atoms with Gasteiger partial charge in [0.25, 0.3) is 0 Å². The Morgan fingerprint density at radius 3 is 2.82 bits per heavy atom. The number of ether oxygens (including phenoxy) is 1. The van der Waals surface area contributed by atoms with Gasteiger partial charge in [0, 0.05) is 37.4 Å². The predicted octanol–water partition coefficient (Wildman–Crippen LogP) is 1.59. The largest absolute Gasteiger partial charge is 0.481 e. The number of aromatic nitrogens is 4. The summed E-state index contributed by atoms with van der Waals surface area (Å²) in [6.45, 7) is 5.07. The topological polar surface area (TPSA) is 79.0 Å². The predicted molar refractivity (Wildman–Crippen MR) is 83.8 cm³/mol. The molecule has 3 rings (SSSR count). The summed E-state index contributed by atoms with van der Waals surface area (Å²) in [5, 5.41) is 10.8. The van der Waals surface area contributed by atoms with Gasteiger partial charge in [-0.3, -0.25) is 10.00 Å². The second-order valence-corrected chi connectivity index (χ2v) is 5.68. The van der Waals surface area contributed by atoms with E-state index in [1.54, 1.807) is 7.11 Å². The molecule has 1 aliphatic heterocycles. The molecule has 7 heteroatoms. The second-order valence-electron chi connectivity index (χ2n) is 5.68. The number of hydrogen-bond donors (Lipinski definition) is 2. The number of aromatic amines is 1. The molecular weight excluding hydrogens is 280 g/mol. The molecule has 118 valence electrons. The van der Waals surface area contributed by atoms with Crippen molar-refractivity contribution in [3.05, 3.63) is 29.8 Å². The van der Waals surface area contributed by atoms with E-state index in [9.17, 15) is 0 Å². The molecule has 0 aromatic carbocycles. The molecule has 0 spiro atoms. The Morgan fingerprint density at radius 1 is 1.32 bits per heavy atom. The van der Waals surface area contributed by atoms with E-state index < -0.39 is 0 Å². The van der Waals surface area contributed by atoms with Gasteiger partial charge in [-0.2, -0.15) is 5.10 Å². The highest BCUT2D eigenvalue weighted by Gasteiger charge is 2.20. The maximum absolute atomic E-state index is 5.12. The van der Waals surface area contributed by atoms with Crippen molar-refractivity contribution < 1.29 is 4.74 Å². The van der Waals surface area contributed by atoms with Crippen LogP contribution in [0, 0.1) is 6.92 Å². The molecule has 0 radical (unpaired) electrons. The van der Waals surface area contributed by atoms with Gasteiger partial charge < -0.3 is 10.1 Å². The average Bonchev–Trinajstić information content (AvgIpc) is 2.94. The van der Waals surface area contributed by atoms with Gasteiger partial charge in [0.1, 0.15) is 12.1 Å². The Bertz CT molecular complexity index is 606. The van der Waals surface area contributed by atoms with Crippen LogP contribution in [-0.2, 0) is 6.54 Å². The first-order valence-corrected chi connectivity index (χ1v) is 7.59. The summed E-state index contributed by atoms with van der Waals surface area (Å²) < 4.78 is 5.12. The van der Waals surface area contributed by atoms with Gasteiger partial charge in [0.05, 0.1) is 12.8 Å². The van der Waals surface area contributed by atoms with E-state index in [1.807, 2.05) is 13.0 Å². The van der Waals surface area contributed by atoms with Gasteiger partial charge in [0.15, 0.2) is 0 Å². The Labute approximate surface area is 130 Å². The molecule has 1 saturated heterocycles. The molecule has 0 bridgehead atoms. The lowest BCUT2D eigenvalue weighted by Crippen LogP contribution is -2.38. The van der Waals surface area contributed by atoms with Crippen LogP contribution in [0.2, 0.25) is 0 Å². The molecule has 1 aliphatic rings. The molecule has 0 aliphatic carbocycles. The number of aryl methyl sites for hydroxylation is 1. The Balaban J connectivity index is 1.49. The van der Waals surface area contributed by atoms with E-state index >= 15 is 0 Å². The van der Waals surface area contributed by atoms with Crippen LogP contribution in [0.4, 0.5) is 5.82 Å². The standard InChI is InChI=1S/C15H22N6O/c1-11-7-13(20-19-11)9-21-5-3-12(4-6-21)18-14-8-15(22-2)17-10-16-14/h7-8,10,12H,3-6,9H2,1-2H3,(H,19,20)(H,16,17,18). The summed E-state index contributed by atoms with van der Waals surface area (Å²) in [6, 6.07) is 4.38. The second kappa shape index (κ2) is 6.74. The first-order valence-electron chi connectivity index (χ1n) is 7.59. The molecule has 0 unspecified atom stereocenters. The molecule has 0 amide bonds. The Hall–Kier alpha value is -2.15. The highest BCUT2D eigenvalue weighted by atomic mass is 16.5. The van der Waals surface area contributed by atoms with Gasteiger partial charge in [-0.1, -0.05) is 0 Å². The molecule has 2 N–H and O–H groups in total. The zero-order chi connectivity index (χ0) is 15.4. The van der Waals surface area contributed by atoms with E-state index in [0.29, 0.717) is 11.9 Å². The minimum absolute atomic E-state index is 0.441. The minimum atomic E-state index is 0.441. The van der Waals surface area contributed by atoms with E-state index in [-0.39, 0.29) is 0 Å². The maximum atomic E-state index is 5.12. The van der Waals surface area contributed by atoms with Crippen molar-refractivity contribution in [2.75, 3.05) is 25.5 Å². The molecule has 2 aromatic heterocycles. The smallest absolute Gasteiger partial charge is 0.218 e. The van der Waals surface area contributed by atoms with E-state index in [4.69, 9.17) is 4.74 Å². The van der Waals surface area contributed by atoms with Crippen LogP contribution in [0.1, 0.15) is 24.2 Å². The number of hydrogen-bond acceptors (Lipinski definition) is 6. The summed E-state index contributed by atoms with van der Waals surface area (Å²) in [5.41, 5.74) is 2.23. The summed E-state index contributed by atoms with van der Waals surface area (Å²) in [5.74, 6) is 1.41. The normalized spacial score (nSPS) is 16.6. The van der Waals surface area contributed by atoms with Crippen molar-refractivity contribution in [3.8, 4) is 5.88 Å². The lowest BCUT2D eigenvalue weighted by molar-refractivity contribution is 0.209. The molecule has 0 atom stereocenters. The third kappa shape index (κ3) is 3.73. The third-order valence-electron chi connectivity index (χ3n) is 3.94. The molecule has 1 fully saturated rings. The average molecular weight is 302 g/mol. The number of methoxy groups -OCH3 is 1. The van der Waals surface area contributed by atoms with Gasteiger partial charge >= 0.3 is 0 Å². The van der Waals surface area contributed by atoms with Crippen molar-refractivity contribution in [1.82, 2.24) is 25.1 Å². The fourth-order valence-electron chi connectivity index (χ4n) is 2.76. The van der Waals surface area contributed by atoms with Crippen molar-refractivity contribution in [3.63, 3.8) is 0 Å². The number of anilines is 1. The van der Waals surface area contributed by atoms with Gasteiger partial charge in [-0.15, -0.1) is 0 Å². The van der Waals surface area contributed by atoms with E-state index in [1.165, 1.54) is 6.33 Å². The minimum Gasteiger partial charge on any atom is -0.481 e. The molecule has 22 heavy (non-hydrogen) atoms. The molecule has 7 nitrogen and oxygen atoms in total. The fourth-order valence-corrected chi connectivity index (χ4v) is 2.76. The summed E-state index contributed by atoms with van der Waals surface area (Å²) in [4.78, 5) is 10.7. The first-order chi connectivity index (χ1) is 10.7. The fraction of sp³-hybridized carbons (Fsp3) is 0.533. The van der Waals surface area contributed by atoms with Gasteiger partial charge in [-0.05, 0) is 25.8 Å². The molecule has 3 heterocycles. The van der Waals surface area contributed by atoms with Crippen LogP contribution in [0.15, 0.2) is 18.5 Å². The van der Waals surface area contributed by atoms with Crippen LogP contribution in [0.5, 0.6) is 5.88 Å². The number of nitrogens with zero attached hydrogens (tertiary/aromatic N) is 4. The van der Waals surface area contributed by atoms with Crippen LogP contribution >= 0.6 is 0 Å². The zero-order valence-electron chi connectivity index (χ0n) is 13.0. The Kier molecular flexibility index (Phi) is 4.53. The maximum Gasteiger partial charge on any atom is 0.218 e. The molecule has 2 aromatic rings. The Morgan fingerprint density at radius 2 is 2.14 bits per heavy atom. The van der Waals surface area contributed by atoms with Crippen molar-refractivity contribution in [1.29, 1.82) is 0 Å². The van der Waals surface area contributed by atoms with Crippen LogP contribution < -0.4 is 10.1 Å². The zero-order valence-corrected chi connectivity index (χ0v) is 13.0. The lowest BCUT2D eigenvalue weighted by Gasteiger charge is -2.32. The first kappa shape index (κ1) is 14.8. The van der Waals surface area contributed by atoms with Crippen LogP contribution in [0.25, 0.3) is 0 Å². The van der Waals surface area contributed by atoms with E-state index in [0.717, 1.165) is 49.7 Å². The number of likely N-dealkylation sites (tertiary alicyclic amines) is 1. The van der Waals surface area contributed by atoms with Crippen molar-refractivity contribution in [2.45, 2.75) is 32.4 Å². The monoisotopic (exact) mass is 302 g/mol. The number of H-pyrrole nitrogens is 1. The summed E-state index contributed by atoms with van der Waals surface area (Å²) >= 11 is 0. The van der Waals surface area contributed by atoms with Crippen LogP contribution in [0.3, 0.4) is 0 Å². The summed E-state index contributed by atoms with van der Waals surface area (Å²) in [6.07, 6.45) is 3.71. The lowest BCUT2D eigenvalue weighted by atomic mass is 10.0. The molecular formula is C15H22N6O. The van der Waals surface area contributed by atoms with Gasteiger partial charge in [-0.25, -0.2) is 9.97 Å².